The molecule has 0 saturated carbocycles. The fourth-order valence-electron chi connectivity index (χ4n) is 1.50. The number of hydrazine groups is 1. The van der Waals surface area contributed by atoms with Crippen molar-refractivity contribution in [1.82, 2.24) is 15.6 Å². The number of benzene rings is 1. The molecule has 0 aliphatic carbocycles. The van der Waals surface area contributed by atoms with E-state index in [9.17, 15) is 13.2 Å². The van der Waals surface area contributed by atoms with Crippen molar-refractivity contribution in [1.29, 1.82) is 0 Å². The molecule has 0 unspecified atom stereocenters. The van der Waals surface area contributed by atoms with Crippen molar-refractivity contribution in [3.8, 4) is 0 Å². The van der Waals surface area contributed by atoms with Crippen LogP contribution in [-0.2, 0) is 14.8 Å². The summed E-state index contributed by atoms with van der Waals surface area (Å²) in [4.78, 5) is 14.7. The Kier molecular flexibility index (Phi) is 5.99. The van der Waals surface area contributed by atoms with Crippen LogP contribution in [0, 0.1) is 0 Å². The first-order chi connectivity index (χ1) is 11.0. The fourth-order valence-corrected chi connectivity index (χ4v) is 3.20. The zero-order valence-electron chi connectivity index (χ0n) is 11.7. The Hall–Kier alpha value is -2.07. The van der Waals surface area contributed by atoms with Gasteiger partial charge in [-0.3, -0.25) is 15.5 Å². The molecule has 1 aromatic carbocycles. The maximum atomic E-state index is 11.9. The molecular weight excluding hydrogens is 354 g/mol. The first-order valence-electron chi connectivity index (χ1n) is 6.37. The van der Waals surface area contributed by atoms with Gasteiger partial charge >= 0.3 is 0 Å². The number of carbonyl (C=O) groups excluding carboxylic acids is 1. The fraction of sp³-hybridized carbons (Fsp3) is 0. The van der Waals surface area contributed by atoms with Gasteiger partial charge in [0.05, 0.1) is 4.90 Å². The number of carbonyl (C=O) groups is 1. The number of thiophene rings is 1. The van der Waals surface area contributed by atoms with E-state index in [0.29, 0.717) is 0 Å². The summed E-state index contributed by atoms with van der Waals surface area (Å²) >= 11 is 6.35. The summed E-state index contributed by atoms with van der Waals surface area (Å²) in [5, 5.41) is 4.08. The second-order valence-electron chi connectivity index (χ2n) is 4.21. The second-order valence-corrected chi connectivity index (χ2v) is 7.28. The molecule has 0 bridgehead atoms. The van der Waals surface area contributed by atoms with Crippen LogP contribution in [-0.4, -0.2) is 19.4 Å². The topological polar surface area (TPSA) is 87.3 Å². The molecule has 0 atom stereocenters. The van der Waals surface area contributed by atoms with E-state index >= 15 is 0 Å². The highest BCUT2D eigenvalue weighted by atomic mass is 32.2. The summed E-state index contributed by atoms with van der Waals surface area (Å²) in [6.45, 7) is 0. The molecule has 120 valence electrons. The van der Waals surface area contributed by atoms with E-state index < -0.39 is 15.9 Å². The summed E-state index contributed by atoms with van der Waals surface area (Å²) in [6, 6.07) is 11.5. The Morgan fingerprint density at radius 3 is 2.52 bits per heavy atom. The van der Waals surface area contributed by atoms with Gasteiger partial charge in [-0.05, 0) is 41.9 Å². The molecule has 0 aliphatic heterocycles. The normalized spacial score (nSPS) is 11.3. The van der Waals surface area contributed by atoms with Crippen LogP contribution in [0.1, 0.15) is 4.88 Å². The molecular formula is C14H13N3O3S3. The number of amides is 1. The lowest BCUT2D eigenvalue weighted by Crippen LogP contribution is -2.48. The molecule has 23 heavy (non-hydrogen) atoms. The van der Waals surface area contributed by atoms with E-state index in [-0.39, 0.29) is 10.0 Å². The van der Waals surface area contributed by atoms with E-state index in [4.69, 9.17) is 12.2 Å². The van der Waals surface area contributed by atoms with Gasteiger partial charge in [-0.25, -0.2) is 8.42 Å². The van der Waals surface area contributed by atoms with E-state index in [2.05, 4.69) is 15.6 Å². The maximum Gasteiger partial charge on any atom is 0.257 e. The molecule has 0 saturated heterocycles. The Morgan fingerprint density at radius 2 is 1.87 bits per heavy atom. The van der Waals surface area contributed by atoms with E-state index in [1.807, 2.05) is 17.5 Å². The van der Waals surface area contributed by atoms with Gasteiger partial charge in [0.25, 0.3) is 10.0 Å². The lowest BCUT2D eigenvalue weighted by molar-refractivity contribution is -0.115. The highest BCUT2D eigenvalue weighted by Crippen LogP contribution is 2.09. The Bertz CT molecular complexity index is 800. The smallest absolute Gasteiger partial charge is 0.257 e. The van der Waals surface area contributed by atoms with Crippen LogP contribution in [0.3, 0.4) is 0 Å². The predicted octanol–water partition coefficient (Wildman–Crippen LogP) is 1.65. The van der Waals surface area contributed by atoms with Crippen molar-refractivity contribution in [2.45, 2.75) is 4.90 Å². The van der Waals surface area contributed by atoms with Gasteiger partial charge in [0.2, 0.25) is 5.91 Å². The van der Waals surface area contributed by atoms with Gasteiger partial charge in [0.15, 0.2) is 5.11 Å². The van der Waals surface area contributed by atoms with Gasteiger partial charge < -0.3 is 0 Å². The molecule has 0 spiro atoms. The van der Waals surface area contributed by atoms with Crippen molar-refractivity contribution in [2.75, 3.05) is 0 Å². The molecule has 6 nitrogen and oxygen atoms in total. The summed E-state index contributed by atoms with van der Waals surface area (Å²) < 4.78 is 23.9. The Balaban J connectivity index is 1.84. The van der Waals surface area contributed by atoms with Crippen molar-refractivity contribution in [2.24, 2.45) is 0 Å². The first kappa shape index (κ1) is 17.3. The zero-order valence-corrected chi connectivity index (χ0v) is 14.2. The van der Waals surface area contributed by atoms with Crippen molar-refractivity contribution >= 4 is 50.7 Å². The third kappa shape index (κ3) is 5.57. The average molecular weight is 367 g/mol. The third-order valence-electron chi connectivity index (χ3n) is 2.53. The van der Waals surface area contributed by atoms with Gasteiger partial charge in [0.1, 0.15) is 0 Å². The monoisotopic (exact) mass is 367 g/mol. The quantitative estimate of drug-likeness (QED) is 0.425. The van der Waals surface area contributed by atoms with Crippen molar-refractivity contribution in [3.05, 3.63) is 58.8 Å². The van der Waals surface area contributed by atoms with Crippen LogP contribution < -0.4 is 15.6 Å². The van der Waals surface area contributed by atoms with Crippen LogP contribution in [0.2, 0.25) is 0 Å². The maximum absolute atomic E-state index is 11.9. The van der Waals surface area contributed by atoms with Crippen LogP contribution in [0.15, 0.2) is 58.8 Å². The standard InChI is InChI=1S/C14H13N3O3S3/c18-13(9-8-11-5-4-10-22-11)15-14(21)16-17-23(19,20)12-6-2-1-3-7-12/h1-10,17H,(H2,15,16,18,21). The van der Waals surface area contributed by atoms with Crippen molar-refractivity contribution < 1.29 is 13.2 Å². The molecule has 1 aromatic heterocycles. The summed E-state index contributed by atoms with van der Waals surface area (Å²) in [7, 11) is -3.76. The molecule has 2 rings (SSSR count). The van der Waals surface area contributed by atoms with E-state index in [0.717, 1.165) is 4.88 Å². The Morgan fingerprint density at radius 1 is 1.13 bits per heavy atom. The minimum Gasteiger partial charge on any atom is -0.298 e. The van der Waals surface area contributed by atoms with Crippen LogP contribution >= 0.6 is 23.6 Å². The van der Waals surface area contributed by atoms with Crippen LogP contribution in [0.5, 0.6) is 0 Å². The summed E-state index contributed by atoms with van der Waals surface area (Å²) in [5.41, 5.74) is 2.28. The predicted molar refractivity (Wildman–Crippen MR) is 94.0 cm³/mol. The van der Waals surface area contributed by atoms with Crippen molar-refractivity contribution in [3.63, 3.8) is 0 Å². The van der Waals surface area contributed by atoms with Gasteiger partial charge in [-0.2, -0.15) is 0 Å². The third-order valence-corrected chi connectivity index (χ3v) is 4.84. The second kappa shape index (κ2) is 7.97. The SMILES string of the molecule is O=C(C=Cc1cccs1)NC(=S)NNS(=O)(=O)c1ccccc1. The summed E-state index contributed by atoms with van der Waals surface area (Å²) in [5.74, 6) is -0.463. The largest absolute Gasteiger partial charge is 0.298 e. The molecule has 1 amide bonds. The minimum atomic E-state index is -3.76. The van der Waals surface area contributed by atoms with Gasteiger partial charge in [0, 0.05) is 11.0 Å². The number of sulfonamides is 1. The number of nitrogens with one attached hydrogen (secondary N) is 3. The highest BCUT2D eigenvalue weighted by molar-refractivity contribution is 7.89. The lowest BCUT2D eigenvalue weighted by Gasteiger charge is -2.10. The molecule has 1 heterocycles. The first-order valence-corrected chi connectivity index (χ1v) is 9.14. The zero-order chi connectivity index (χ0) is 16.7. The average Bonchev–Trinajstić information content (AvgIpc) is 3.05. The lowest BCUT2D eigenvalue weighted by atomic mass is 10.4. The minimum absolute atomic E-state index is 0.0826. The molecule has 0 radical (unpaired) electrons. The van der Waals surface area contributed by atoms with Crippen LogP contribution in [0.4, 0.5) is 0 Å². The van der Waals surface area contributed by atoms with Gasteiger partial charge in [-0.15, -0.1) is 16.2 Å². The number of thiocarbonyl (C=S) groups is 1. The number of hydrogen-bond donors (Lipinski definition) is 3. The van der Waals surface area contributed by atoms with Gasteiger partial charge in [-0.1, -0.05) is 24.3 Å². The van der Waals surface area contributed by atoms with E-state index in [1.165, 1.54) is 29.5 Å². The number of rotatable bonds is 5. The molecule has 3 N–H and O–H groups in total. The number of hydrogen-bond acceptors (Lipinski definition) is 5. The molecule has 9 heteroatoms. The Labute approximate surface area is 143 Å². The van der Waals surface area contributed by atoms with Crippen LogP contribution in [0.25, 0.3) is 6.08 Å². The summed E-state index contributed by atoms with van der Waals surface area (Å²) in [6.07, 6.45) is 2.95. The molecule has 0 aliphatic rings. The molecule has 2 aromatic rings. The van der Waals surface area contributed by atoms with E-state index in [1.54, 1.807) is 24.3 Å². The molecule has 0 fully saturated rings. The highest BCUT2D eigenvalue weighted by Gasteiger charge is 2.13.